The largest absolute Gasteiger partial charge is 0.122 e. The van der Waals surface area contributed by atoms with Crippen LogP contribution in [0.15, 0.2) is 72.8 Å². The number of halogens is 2. The Hall–Kier alpha value is -1.76. The zero-order chi connectivity index (χ0) is 15.4. The lowest BCUT2D eigenvalue weighted by molar-refractivity contribution is 1.33. The topological polar surface area (TPSA) is 0 Å². The van der Waals surface area contributed by atoms with E-state index in [0.29, 0.717) is 11.8 Å². The highest BCUT2D eigenvalue weighted by molar-refractivity contribution is 6.18. The maximum absolute atomic E-state index is 6.20. The molecule has 0 heterocycles. The third-order valence-electron chi connectivity index (χ3n) is 3.79. The molecule has 0 radical (unpaired) electrons. The number of hydrogen-bond acceptors (Lipinski definition) is 0. The molecule has 0 aliphatic heterocycles. The molecule has 0 spiro atoms. The first kappa shape index (κ1) is 15.1. The summed E-state index contributed by atoms with van der Waals surface area (Å²) in [6.07, 6.45) is 0. The molecule has 3 rings (SSSR count). The van der Waals surface area contributed by atoms with Crippen LogP contribution in [0.2, 0.25) is 0 Å². The van der Waals surface area contributed by atoms with Gasteiger partial charge in [0.2, 0.25) is 0 Å². The Kier molecular flexibility index (Phi) is 4.82. The van der Waals surface area contributed by atoms with Crippen molar-refractivity contribution in [3.63, 3.8) is 0 Å². The van der Waals surface area contributed by atoms with E-state index in [1.54, 1.807) is 0 Å². The predicted octanol–water partition coefficient (Wildman–Crippen LogP) is 6.50. The Bertz CT molecular complexity index is 683. The van der Waals surface area contributed by atoms with Crippen molar-refractivity contribution in [1.29, 1.82) is 0 Å². The van der Waals surface area contributed by atoms with Crippen LogP contribution in [0.1, 0.15) is 11.1 Å². The predicted molar refractivity (Wildman–Crippen MR) is 96.4 cm³/mol. The second-order valence-corrected chi connectivity index (χ2v) is 5.67. The molecule has 0 amide bonds. The quantitative estimate of drug-likeness (QED) is 0.480. The first-order valence-corrected chi connectivity index (χ1v) is 8.29. The maximum atomic E-state index is 6.20. The van der Waals surface area contributed by atoms with E-state index in [-0.39, 0.29) is 0 Å². The van der Waals surface area contributed by atoms with E-state index in [1.165, 1.54) is 22.3 Å². The fourth-order valence-electron chi connectivity index (χ4n) is 2.78. The van der Waals surface area contributed by atoms with Crippen LogP contribution >= 0.6 is 23.2 Å². The van der Waals surface area contributed by atoms with Crippen molar-refractivity contribution in [2.75, 3.05) is 0 Å². The summed E-state index contributed by atoms with van der Waals surface area (Å²) in [5, 5.41) is 0. The lowest BCUT2D eigenvalue weighted by atomic mass is 9.88. The Labute approximate surface area is 141 Å². The second kappa shape index (κ2) is 7.00. The maximum Gasteiger partial charge on any atom is 0.0480 e. The van der Waals surface area contributed by atoms with Gasteiger partial charge in [-0.2, -0.15) is 0 Å². The Morgan fingerprint density at radius 1 is 0.500 bits per heavy atom. The molecule has 3 aromatic rings. The summed E-state index contributed by atoms with van der Waals surface area (Å²) in [6, 6.07) is 24.9. The van der Waals surface area contributed by atoms with Gasteiger partial charge in [0.15, 0.2) is 0 Å². The van der Waals surface area contributed by atoms with E-state index in [2.05, 4.69) is 60.7 Å². The van der Waals surface area contributed by atoms with Gasteiger partial charge in [-0.3, -0.25) is 0 Å². The Morgan fingerprint density at radius 3 is 1.18 bits per heavy atom. The summed E-state index contributed by atoms with van der Waals surface area (Å²) >= 11 is 12.4. The van der Waals surface area contributed by atoms with E-state index >= 15 is 0 Å². The lowest BCUT2D eigenvalue weighted by Crippen LogP contribution is -1.96. The Balaban J connectivity index is 2.35. The molecule has 0 nitrogen and oxygen atoms in total. The standard InChI is InChI=1S/C20H16Cl2/c21-13-17-11-12-18(14-22)20(16-9-5-2-6-10-16)19(17)15-7-3-1-4-8-15/h1-12H,13-14H2. The molecule has 0 aromatic heterocycles. The number of rotatable bonds is 4. The van der Waals surface area contributed by atoms with Crippen molar-refractivity contribution in [3.8, 4) is 22.3 Å². The molecule has 0 saturated carbocycles. The van der Waals surface area contributed by atoms with E-state index in [4.69, 9.17) is 23.2 Å². The normalized spacial score (nSPS) is 10.6. The fourth-order valence-corrected chi connectivity index (χ4v) is 3.23. The van der Waals surface area contributed by atoms with Crippen molar-refractivity contribution in [2.45, 2.75) is 11.8 Å². The van der Waals surface area contributed by atoms with Gasteiger partial charge in [0.25, 0.3) is 0 Å². The summed E-state index contributed by atoms with van der Waals surface area (Å²) in [5.41, 5.74) is 6.95. The SMILES string of the molecule is ClCc1ccc(CCl)c(-c2ccccc2)c1-c1ccccc1. The van der Waals surface area contributed by atoms with Gasteiger partial charge in [-0.05, 0) is 33.4 Å². The van der Waals surface area contributed by atoms with Gasteiger partial charge in [0.05, 0.1) is 0 Å². The van der Waals surface area contributed by atoms with Crippen LogP contribution in [0.3, 0.4) is 0 Å². The molecule has 22 heavy (non-hydrogen) atoms. The van der Waals surface area contributed by atoms with E-state index in [9.17, 15) is 0 Å². The van der Waals surface area contributed by atoms with Crippen LogP contribution in [0.5, 0.6) is 0 Å². The summed E-state index contributed by atoms with van der Waals surface area (Å²) in [7, 11) is 0. The molecule has 0 saturated heterocycles. The van der Waals surface area contributed by atoms with Crippen LogP contribution < -0.4 is 0 Å². The minimum Gasteiger partial charge on any atom is -0.122 e. The molecule has 0 aliphatic rings. The highest BCUT2D eigenvalue weighted by atomic mass is 35.5. The summed E-state index contributed by atoms with van der Waals surface area (Å²) in [6.45, 7) is 0. The third kappa shape index (κ3) is 2.90. The minimum absolute atomic E-state index is 0.479. The van der Waals surface area contributed by atoms with Gasteiger partial charge >= 0.3 is 0 Å². The van der Waals surface area contributed by atoms with Crippen LogP contribution in [0, 0.1) is 0 Å². The minimum atomic E-state index is 0.479. The van der Waals surface area contributed by atoms with E-state index in [0.717, 1.165) is 11.1 Å². The zero-order valence-electron chi connectivity index (χ0n) is 12.1. The van der Waals surface area contributed by atoms with Crippen molar-refractivity contribution in [2.24, 2.45) is 0 Å². The third-order valence-corrected chi connectivity index (χ3v) is 4.37. The molecule has 2 heteroatoms. The van der Waals surface area contributed by atoms with E-state index in [1.807, 2.05) is 12.1 Å². The van der Waals surface area contributed by atoms with Gasteiger partial charge in [0, 0.05) is 11.8 Å². The molecule has 0 N–H and O–H groups in total. The van der Waals surface area contributed by atoms with Crippen LogP contribution in [-0.2, 0) is 11.8 Å². The molecule has 0 aliphatic carbocycles. The summed E-state index contributed by atoms with van der Waals surface area (Å²) < 4.78 is 0. The van der Waals surface area contributed by atoms with Gasteiger partial charge in [-0.15, -0.1) is 23.2 Å². The number of benzene rings is 3. The van der Waals surface area contributed by atoms with Crippen LogP contribution in [0.4, 0.5) is 0 Å². The molecule has 110 valence electrons. The molecular formula is C20H16Cl2. The Morgan fingerprint density at radius 2 is 0.864 bits per heavy atom. The van der Waals surface area contributed by atoms with Crippen molar-refractivity contribution in [1.82, 2.24) is 0 Å². The highest BCUT2D eigenvalue weighted by Gasteiger charge is 2.15. The van der Waals surface area contributed by atoms with Crippen molar-refractivity contribution in [3.05, 3.63) is 83.9 Å². The smallest absolute Gasteiger partial charge is 0.0480 e. The van der Waals surface area contributed by atoms with Crippen molar-refractivity contribution < 1.29 is 0 Å². The number of hydrogen-bond donors (Lipinski definition) is 0. The highest BCUT2D eigenvalue weighted by Crippen LogP contribution is 2.38. The average Bonchev–Trinajstić information content (AvgIpc) is 2.61. The second-order valence-electron chi connectivity index (χ2n) is 5.13. The first-order valence-electron chi connectivity index (χ1n) is 7.22. The summed E-state index contributed by atoms with van der Waals surface area (Å²) in [5.74, 6) is 0.958. The summed E-state index contributed by atoms with van der Waals surface area (Å²) in [4.78, 5) is 0. The lowest BCUT2D eigenvalue weighted by Gasteiger charge is -2.18. The van der Waals surface area contributed by atoms with Crippen LogP contribution in [-0.4, -0.2) is 0 Å². The van der Waals surface area contributed by atoms with Gasteiger partial charge in [0.1, 0.15) is 0 Å². The molecule has 0 bridgehead atoms. The number of alkyl halides is 2. The van der Waals surface area contributed by atoms with Crippen molar-refractivity contribution >= 4 is 23.2 Å². The molecule has 0 unspecified atom stereocenters. The fraction of sp³-hybridized carbons (Fsp3) is 0.100. The molecule has 0 atom stereocenters. The zero-order valence-corrected chi connectivity index (χ0v) is 13.6. The van der Waals surface area contributed by atoms with Gasteiger partial charge < -0.3 is 0 Å². The first-order chi connectivity index (χ1) is 10.8. The van der Waals surface area contributed by atoms with E-state index < -0.39 is 0 Å². The molecule has 0 fully saturated rings. The molecule has 3 aromatic carbocycles. The van der Waals surface area contributed by atoms with Gasteiger partial charge in [-0.25, -0.2) is 0 Å². The van der Waals surface area contributed by atoms with Crippen LogP contribution in [0.25, 0.3) is 22.3 Å². The van der Waals surface area contributed by atoms with Gasteiger partial charge in [-0.1, -0.05) is 72.8 Å². The molecular weight excluding hydrogens is 311 g/mol. The monoisotopic (exact) mass is 326 g/mol. The average molecular weight is 327 g/mol.